The Morgan fingerprint density at radius 3 is 2.06 bits per heavy atom. The van der Waals surface area contributed by atoms with Gasteiger partial charge >= 0.3 is 0 Å². The van der Waals surface area contributed by atoms with Gasteiger partial charge in [-0.2, -0.15) is 5.26 Å². The van der Waals surface area contributed by atoms with Crippen LogP contribution in [0.1, 0.15) is 51.9 Å². The minimum atomic E-state index is 0.500. The van der Waals surface area contributed by atoms with E-state index in [4.69, 9.17) is 5.26 Å². The summed E-state index contributed by atoms with van der Waals surface area (Å²) in [5, 5.41) is 8.82. The van der Waals surface area contributed by atoms with Crippen molar-refractivity contribution in [1.29, 1.82) is 5.26 Å². The summed E-state index contributed by atoms with van der Waals surface area (Å²) in [6, 6.07) is 2.32. The summed E-state index contributed by atoms with van der Waals surface area (Å²) < 4.78 is 0. The van der Waals surface area contributed by atoms with Crippen molar-refractivity contribution < 1.29 is 0 Å². The molecular formula is C15H24N2. The fraction of sp³-hybridized carbons (Fsp3) is 0.933. The summed E-state index contributed by atoms with van der Waals surface area (Å²) in [5.41, 5.74) is 0.500. The van der Waals surface area contributed by atoms with Gasteiger partial charge in [0, 0.05) is 18.5 Å². The molecule has 4 bridgehead atoms. The molecule has 4 aliphatic rings. The van der Waals surface area contributed by atoms with Crippen molar-refractivity contribution in [2.75, 3.05) is 13.1 Å². The second kappa shape index (κ2) is 4.28. The van der Waals surface area contributed by atoms with Crippen LogP contribution >= 0.6 is 0 Å². The molecule has 0 aromatic heterocycles. The largest absolute Gasteiger partial charge is 0.297 e. The Morgan fingerprint density at radius 2 is 1.65 bits per heavy atom. The van der Waals surface area contributed by atoms with E-state index < -0.39 is 0 Å². The molecule has 4 aliphatic carbocycles. The van der Waals surface area contributed by atoms with E-state index in [0.29, 0.717) is 12.0 Å². The molecule has 2 heteroatoms. The highest BCUT2D eigenvalue weighted by molar-refractivity contribution is 5.07. The lowest BCUT2D eigenvalue weighted by molar-refractivity contribution is -0.0863. The molecule has 0 saturated heterocycles. The van der Waals surface area contributed by atoms with E-state index in [0.717, 1.165) is 30.8 Å². The van der Waals surface area contributed by atoms with Crippen LogP contribution in [0.2, 0.25) is 0 Å². The monoisotopic (exact) mass is 232 g/mol. The highest BCUT2D eigenvalue weighted by atomic mass is 15.2. The molecule has 94 valence electrons. The second-order valence-corrected chi connectivity index (χ2v) is 6.63. The Morgan fingerprint density at radius 1 is 1.12 bits per heavy atom. The summed E-state index contributed by atoms with van der Waals surface area (Å²) in [4.78, 5) is 2.65. The van der Waals surface area contributed by atoms with E-state index in [-0.39, 0.29) is 0 Å². The predicted octanol–water partition coefficient (Wildman–Crippen LogP) is 3.19. The molecule has 0 unspecified atom stereocenters. The van der Waals surface area contributed by atoms with Gasteiger partial charge in [0.1, 0.15) is 0 Å². The van der Waals surface area contributed by atoms with Crippen molar-refractivity contribution in [2.24, 2.45) is 17.8 Å². The number of nitriles is 1. The summed E-state index contributed by atoms with van der Waals surface area (Å²) in [6.07, 6.45) is 9.52. The van der Waals surface area contributed by atoms with Gasteiger partial charge in [-0.15, -0.1) is 0 Å². The maximum atomic E-state index is 8.82. The van der Waals surface area contributed by atoms with Crippen LogP contribution in [0.15, 0.2) is 0 Å². The highest BCUT2D eigenvalue weighted by Gasteiger charge is 2.52. The number of hydrogen-bond acceptors (Lipinski definition) is 2. The second-order valence-electron chi connectivity index (χ2n) is 6.63. The zero-order valence-corrected chi connectivity index (χ0v) is 11.0. The molecule has 0 spiro atoms. The molecule has 0 aliphatic heterocycles. The van der Waals surface area contributed by atoms with Gasteiger partial charge in [0.05, 0.1) is 6.07 Å². The summed E-state index contributed by atoms with van der Waals surface area (Å²) in [5.74, 6) is 3.03. The van der Waals surface area contributed by atoms with Gasteiger partial charge in [-0.25, -0.2) is 0 Å². The maximum Gasteiger partial charge on any atom is 0.0635 e. The quantitative estimate of drug-likeness (QED) is 0.744. The maximum absolute atomic E-state index is 8.82. The Hall–Kier alpha value is -0.550. The molecule has 0 atom stereocenters. The summed E-state index contributed by atoms with van der Waals surface area (Å²) in [7, 11) is 0. The van der Waals surface area contributed by atoms with Crippen LogP contribution in [-0.2, 0) is 0 Å². The zero-order valence-electron chi connectivity index (χ0n) is 11.0. The molecule has 4 fully saturated rings. The third-order valence-electron chi connectivity index (χ3n) is 5.55. The smallest absolute Gasteiger partial charge is 0.0635 e. The van der Waals surface area contributed by atoms with Crippen LogP contribution in [0.5, 0.6) is 0 Å². The fourth-order valence-electron chi connectivity index (χ4n) is 5.37. The highest BCUT2D eigenvalue weighted by Crippen LogP contribution is 2.57. The average Bonchev–Trinajstić information content (AvgIpc) is 2.27. The van der Waals surface area contributed by atoms with E-state index in [2.05, 4.69) is 17.9 Å². The average molecular weight is 232 g/mol. The van der Waals surface area contributed by atoms with E-state index in [1.807, 2.05) is 0 Å². The summed E-state index contributed by atoms with van der Waals surface area (Å²) >= 11 is 0. The molecule has 0 N–H and O–H groups in total. The van der Waals surface area contributed by atoms with Gasteiger partial charge in [0.15, 0.2) is 0 Å². The number of hydrogen-bond donors (Lipinski definition) is 0. The Labute approximate surface area is 105 Å². The first kappa shape index (κ1) is 11.5. The van der Waals surface area contributed by atoms with Crippen LogP contribution in [-0.4, -0.2) is 23.5 Å². The van der Waals surface area contributed by atoms with Crippen molar-refractivity contribution in [1.82, 2.24) is 4.90 Å². The molecule has 17 heavy (non-hydrogen) atoms. The van der Waals surface area contributed by atoms with Gasteiger partial charge in [0.2, 0.25) is 0 Å². The standard InChI is InChI=1S/C15H24N2/c1-2-17(5-3-4-16)15-9-12-6-13(10-15)8-14(7-12)11-15/h12-14H,2-3,5-11H2,1H3. The SMILES string of the molecule is CCN(CCC#N)C12CC3CC(CC(C3)C1)C2. The molecule has 0 radical (unpaired) electrons. The molecule has 4 saturated carbocycles. The molecule has 2 nitrogen and oxygen atoms in total. The predicted molar refractivity (Wildman–Crippen MR) is 68.4 cm³/mol. The van der Waals surface area contributed by atoms with E-state index >= 15 is 0 Å². The van der Waals surface area contributed by atoms with Gasteiger partial charge in [-0.05, 0) is 62.8 Å². The van der Waals surface area contributed by atoms with E-state index in [9.17, 15) is 0 Å². The van der Waals surface area contributed by atoms with Gasteiger partial charge in [0.25, 0.3) is 0 Å². The van der Waals surface area contributed by atoms with Crippen molar-refractivity contribution in [3.63, 3.8) is 0 Å². The molecule has 0 aromatic rings. The Kier molecular flexibility index (Phi) is 2.91. The van der Waals surface area contributed by atoms with E-state index in [1.54, 1.807) is 0 Å². The first-order valence-corrected chi connectivity index (χ1v) is 7.38. The molecule has 0 aromatic carbocycles. The van der Waals surface area contributed by atoms with Crippen LogP contribution < -0.4 is 0 Å². The third kappa shape index (κ3) is 1.89. The van der Waals surface area contributed by atoms with Gasteiger partial charge in [-0.3, -0.25) is 4.90 Å². The van der Waals surface area contributed by atoms with Gasteiger partial charge in [-0.1, -0.05) is 6.92 Å². The van der Waals surface area contributed by atoms with Crippen LogP contribution in [0, 0.1) is 29.1 Å². The van der Waals surface area contributed by atoms with Crippen molar-refractivity contribution >= 4 is 0 Å². The minimum absolute atomic E-state index is 0.500. The molecule has 4 rings (SSSR count). The lowest BCUT2D eigenvalue weighted by Gasteiger charge is -2.60. The third-order valence-corrected chi connectivity index (χ3v) is 5.55. The van der Waals surface area contributed by atoms with Crippen molar-refractivity contribution in [3.05, 3.63) is 0 Å². The van der Waals surface area contributed by atoms with Crippen molar-refractivity contribution in [3.8, 4) is 6.07 Å². The lowest BCUT2D eigenvalue weighted by Crippen LogP contribution is -2.60. The van der Waals surface area contributed by atoms with Crippen LogP contribution in [0.3, 0.4) is 0 Å². The molecular weight excluding hydrogens is 208 g/mol. The fourth-order valence-corrected chi connectivity index (χ4v) is 5.37. The normalized spacial score (nSPS) is 43.0. The van der Waals surface area contributed by atoms with Crippen LogP contribution in [0.4, 0.5) is 0 Å². The Bertz CT molecular complexity index is 293. The zero-order chi connectivity index (χ0) is 11.9. The summed E-state index contributed by atoms with van der Waals surface area (Å²) in [6.45, 7) is 4.41. The number of rotatable bonds is 4. The first-order chi connectivity index (χ1) is 8.25. The lowest BCUT2D eigenvalue weighted by atomic mass is 9.52. The van der Waals surface area contributed by atoms with Gasteiger partial charge < -0.3 is 0 Å². The van der Waals surface area contributed by atoms with Crippen molar-refractivity contribution in [2.45, 2.75) is 57.4 Å². The Balaban J connectivity index is 1.78. The van der Waals surface area contributed by atoms with E-state index in [1.165, 1.54) is 38.5 Å². The minimum Gasteiger partial charge on any atom is -0.297 e. The molecule has 0 heterocycles. The topological polar surface area (TPSA) is 27.0 Å². The van der Waals surface area contributed by atoms with Crippen LogP contribution in [0.25, 0.3) is 0 Å². The number of nitrogens with zero attached hydrogens (tertiary/aromatic N) is 2. The first-order valence-electron chi connectivity index (χ1n) is 7.38. The molecule has 0 amide bonds.